The standard InChI is InChI=1S/C18H28N2O/c1-3-19-17(11-15-8-6-14(2)7-9-15)18-12-20-10-4-5-16(20)13-21-18/h6-9,16-19H,3-5,10-13H2,1-2H3. The third-order valence-corrected chi connectivity index (χ3v) is 4.91. The Hall–Kier alpha value is -0.900. The van der Waals surface area contributed by atoms with E-state index in [0.717, 1.165) is 26.1 Å². The molecule has 2 aliphatic rings. The van der Waals surface area contributed by atoms with Crippen molar-refractivity contribution in [2.24, 2.45) is 0 Å². The maximum Gasteiger partial charge on any atom is 0.0858 e. The molecule has 0 spiro atoms. The summed E-state index contributed by atoms with van der Waals surface area (Å²) in [6.45, 7) is 8.59. The van der Waals surface area contributed by atoms with Crippen LogP contribution in [0.1, 0.15) is 30.9 Å². The lowest BCUT2D eigenvalue weighted by Gasteiger charge is -2.39. The van der Waals surface area contributed by atoms with E-state index in [-0.39, 0.29) is 0 Å². The third-order valence-electron chi connectivity index (χ3n) is 4.91. The summed E-state index contributed by atoms with van der Waals surface area (Å²) in [5, 5.41) is 3.64. The molecule has 1 N–H and O–H groups in total. The number of aryl methyl sites for hydroxylation is 1. The number of hydrogen-bond donors (Lipinski definition) is 1. The predicted octanol–water partition coefficient (Wildman–Crippen LogP) is 2.38. The van der Waals surface area contributed by atoms with Crippen LogP contribution >= 0.6 is 0 Å². The fraction of sp³-hybridized carbons (Fsp3) is 0.667. The number of rotatable bonds is 5. The van der Waals surface area contributed by atoms with Gasteiger partial charge in [-0.2, -0.15) is 0 Å². The Bertz CT molecular complexity index is 445. The Morgan fingerprint density at radius 1 is 1.33 bits per heavy atom. The minimum atomic E-state index is 0.320. The van der Waals surface area contributed by atoms with Crippen molar-refractivity contribution in [3.8, 4) is 0 Å². The molecule has 0 radical (unpaired) electrons. The number of nitrogens with one attached hydrogen (secondary N) is 1. The first kappa shape index (κ1) is 15.0. The van der Waals surface area contributed by atoms with E-state index in [1.54, 1.807) is 0 Å². The molecule has 3 unspecified atom stereocenters. The molecule has 3 rings (SSSR count). The maximum absolute atomic E-state index is 6.20. The van der Waals surface area contributed by atoms with E-state index in [4.69, 9.17) is 4.74 Å². The highest BCUT2D eigenvalue weighted by atomic mass is 16.5. The van der Waals surface area contributed by atoms with Crippen LogP contribution in [0.4, 0.5) is 0 Å². The Balaban J connectivity index is 1.64. The Labute approximate surface area is 128 Å². The zero-order chi connectivity index (χ0) is 14.7. The van der Waals surface area contributed by atoms with Gasteiger partial charge in [0.2, 0.25) is 0 Å². The van der Waals surface area contributed by atoms with Crippen LogP contribution < -0.4 is 5.32 Å². The summed E-state index contributed by atoms with van der Waals surface area (Å²) in [6.07, 6.45) is 4.03. The molecule has 2 heterocycles. The van der Waals surface area contributed by atoms with E-state index in [0.29, 0.717) is 18.2 Å². The van der Waals surface area contributed by atoms with Gasteiger partial charge >= 0.3 is 0 Å². The molecule has 2 saturated heterocycles. The Kier molecular flexibility index (Phi) is 4.94. The fourth-order valence-corrected chi connectivity index (χ4v) is 3.66. The van der Waals surface area contributed by atoms with Crippen LogP contribution in [0, 0.1) is 6.92 Å². The van der Waals surface area contributed by atoms with E-state index in [1.165, 1.54) is 30.5 Å². The van der Waals surface area contributed by atoms with Crippen molar-refractivity contribution in [2.75, 3.05) is 26.2 Å². The van der Waals surface area contributed by atoms with Gasteiger partial charge in [-0.3, -0.25) is 4.90 Å². The second-order valence-corrected chi connectivity index (χ2v) is 6.52. The van der Waals surface area contributed by atoms with E-state index >= 15 is 0 Å². The topological polar surface area (TPSA) is 24.5 Å². The minimum absolute atomic E-state index is 0.320. The van der Waals surface area contributed by atoms with Crippen LogP contribution in [0.3, 0.4) is 0 Å². The molecule has 2 aliphatic heterocycles. The first-order valence-corrected chi connectivity index (χ1v) is 8.41. The summed E-state index contributed by atoms with van der Waals surface area (Å²) in [5.41, 5.74) is 2.73. The van der Waals surface area contributed by atoms with Gasteiger partial charge in [-0.25, -0.2) is 0 Å². The Morgan fingerprint density at radius 2 is 2.14 bits per heavy atom. The highest BCUT2D eigenvalue weighted by molar-refractivity contribution is 5.22. The highest BCUT2D eigenvalue weighted by Gasteiger charge is 2.35. The lowest BCUT2D eigenvalue weighted by molar-refractivity contribution is -0.0641. The number of morpholine rings is 1. The van der Waals surface area contributed by atoms with E-state index in [2.05, 4.69) is 48.3 Å². The summed E-state index contributed by atoms with van der Waals surface area (Å²) < 4.78 is 6.20. The number of ether oxygens (including phenoxy) is 1. The van der Waals surface area contributed by atoms with Crippen molar-refractivity contribution < 1.29 is 4.74 Å². The molecule has 0 aromatic heterocycles. The van der Waals surface area contributed by atoms with Gasteiger partial charge in [0.05, 0.1) is 12.7 Å². The third kappa shape index (κ3) is 3.65. The molecule has 21 heavy (non-hydrogen) atoms. The molecule has 0 amide bonds. The summed E-state index contributed by atoms with van der Waals surface area (Å²) in [5.74, 6) is 0. The molecule has 3 heteroatoms. The molecular formula is C18H28N2O. The molecule has 0 saturated carbocycles. The normalized spacial score (nSPS) is 27.5. The van der Waals surface area contributed by atoms with Crippen LogP contribution in [0.2, 0.25) is 0 Å². The monoisotopic (exact) mass is 288 g/mol. The molecular weight excluding hydrogens is 260 g/mol. The number of hydrogen-bond acceptors (Lipinski definition) is 3. The smallest absolute Gasteiger partial charge is 0.0858 e. The van der Waals surface area contributed by atoms with Crippen LogP contribution in [0.5, 0.6) is 0 Å². The zero-order valence-corrected chi connectivity index (χ0v) is 13.3. The molecule has 3 nitrogen and oxygen atoms in total. The SMILES string of the molecule is CCNC(Cc1ccc(C)cc1)C1CN2CCCC2CO1. The second-order valence-electron chi connectivity index (χ2n) is 6.52. The van der Waals surface area contributed by atoms with Crippen molar-refractivity contribution in [3.63, 3.8) is 0 Å². The van der Waals surface area contributed by atoms with Gasteiger partial charge in [-0.1, -0.05) is 36.8 Å². The van der Waals surface area contributed by atoms with Gasteiger partial charge in [0.15, 0.2) is 0 Å². The number of nitrogens with zero attached hydrogens (tertiary/aromatic N) is 1. The van der Waals surface area contributed by atoms with Crippen molar-refractivity contribution in [1.29, 1.82) is 0 Å². The summed E-state index contributed by atoms with van der Waals surface area (Å²) in [6, 6.07) is 10.0. The largest absolute Gasteiger partial charge is 0.374 e. The van der Waals surface area contributed by atoms with Gasteiger partial charge in [-0.15, -0.1) is 0 Å². The summed E-state index contributed by atoms with van der Waals surface area (Å²) in [7, 11) is 0. The fourth-order valence-electron chi connectivity index (χ4n) is 3.66. The minimum Gasteiger partial charge on any atom is -0.374 e. The molecule has 2 fully saturated rings. The molecule has 1 aromatic rings. The lowest BCUT2D eigenvalue weighted by atomic mass is 9.98. The summed E-state index contributed by atoms with van der Waals surface area (Å²) in [4.78, 5) is 2.63. The number of likely N-dealkylation sites (N-methyl/N-ethyl adjacent to an activating group) is 1. The van der Waals surface area contributed by atoms with Crippen molar-refractivity contribution in [2.45, 2.75) is 51.3 Å². The van der Waals surface area contributed by atoms with E-state index in [1.807, 2.05) is 0 Å². The first-order chi connectivity index (χ1) is 10.3. The lowest BCUT2D eigenvalue weighted by Crippen LogP contribution is -2.54. The van der Waals surface area contributed by atoms with Gasteiger partial charge in [0, 0.05) is 18.6 Å². The van der Waals surface area contributed by atoms with Crippen molar-refractivity contribution >= 4 is 0 Å². The van der Waals surface area contributed by atoms with Crippen LogP contribution in [0.25, 0.3) is 0 Å². The van der Waals surface area contributed by atoms with Crippen LogP contribution in [0.15, 0.2) is 24.3 Å². The van der Waals surface area contributed by atoms with Gasteiger partial charge in [0.1, 0.15) is 0 Å². The van der Waals surface area contributed by atoms with Crippen molar-refractivity contribution in [3.05, 3.63) is 35.4 Å². The van der Waals surface area contributed by atoms with Gasteiger partial charge in [0.25, 0.3) is 0 Å². The molecule has 1 aromatic carbocycles. The molecule has 0 bridgehead atoms. The van der Waals surface area contributed by atoms with Crippen LogP contribution in [-0.2, 0) is 11.2 Å². The number of benzene rings is 1. The second kappa shape index (κ2) is 6.91. The van der Waals surface area contributed by atoms with Gasteiger partial charge < -0.3 is 10.1 Å². The predicted molar refractivity (Wildman–Crippen MR) is 86.7 cm³/mol. The quantitative estimate of drug-likeness (QED) is 0.900. The average molecular weight is 288 g/mol. The van der Waals surface area contributed by atoms with E-state index in [9.17, 15) is 0 Å². The first-order valence-electron chi connectivity index (χ1n) is 8.41. The van der Waals surface area contributed by atoms with Crippen LogP contribution in [-0.4, -0.2) is 49.3 Å². The zero-order valence-electron chi connectivity index (χ0n) is 13.3. The molecule has 0 aliphatic carbocycles. The highest BCUT2D eigenvalue weighted by Crippen LogP contribution is 2.24. The molecule has 116 valence electrons. The number of fused-ring (bicyclic) bond motifs is 1. The molecule has 3 atom stereocenters. The average Bonchev–Trinajstić information content (AvgIpc) is 2.96. The maximum atomic E-state index is 6.20. The van der Waals surface area contributed by atoms with E-state index < -0.39 is 0 Å². The van der Waals surface area contributed by atoms with Gasteiger partial charge in [-0.05, 0) is 44.8 Å². The van der Waals surface area contributed by atoms with Crippen molar-refractivity contribution in [1.82, 2.24) is 10.2 Å². The Morgan fingerprint density at radius 3 is 2.90 bits per heavy atom. The summed E-state index contributed by atoms with van der Waals surface area (Å²) >= 11 is 0.